The van der Waals surface area contributed by atoms with Gasteiger partial charge in [0, 0.05) is 23.7 Å². The first-order chi connectivity index (χ1) is 9.01. The number of aliphatic hydroxyl groups is 2. The van der Waals surface area contributed by atoms with Gasteiger partial charge in [-0.15, -0.1) is 0 Å². The molecule has 4 unspecified atom stereocenters. The highest BCUT2D eigenvalue weighted by Gasteiger charge is 2.33. The van der Waals surface area contributed by atoms with Gasteiger partial charge in [-0.3, -0.25) is 0 Å². The van der Waals surface area contributed by atoms with Crippen LogP contribution in [0.1, 0.15) is 12.0 Å². The monoisotopic (exact) mass is 270 g/mol. The first kappa shape index (κ1) is 14.2. The number of hydrogen-bond acceptors (Lipinski definition) is 6. The van der Waals surface area contributed by atoms with Crippen molar-refractivity contribution in [2.45, 2.75) is 31.8 Å². The van der Waals surface area contributed by atoms with Crippen LogP contribution in [0, 0.1) is 12.1 Å². The molecule has 1 aliphatic rings. The van der Waals surface area contributed by atoms with Crippen LogP contribution in [0.4, 0.5) is 11.4 Å². The first-order valence-electron chi connectivity index (χ1n) is 6.06. The molecule has 5 N–H and O–H groups in total. The molecule has 0 amide bonds. The van der Waals surface area contributed by atoms with Gasteiger partial charge < -0.3 is 25.5 Å². The second-order valence-corrected chi connectivity index (χ2v) is 4.63. The van der Waals surface area contributed by atoms with Crippen molar-refractivity contribution >= 4 is 11.4 Å². The molecule has 1 aliphatic heterocycles. The van der Waals surface area contributed by atoms with Gasteiger partial charge in [0.05, 0.1) is 12.7 Å². The van der Waals surface area contributed by atoms with E-state index in [1.807, 2.05) is 0 Å². The van der Waals surface area contributed by atoms with Gasteiger partial charge >= 0.3 is 0 Å². The lowest BCUT2D eigenvalue weighted by atomic mass is 10.1. The Morgan fingerprint density at radius 1 is 1.53 bits per heavy atom. The van der Waals surface area contributed by atoms with Gasteiger partial charge in [0.1, 0.15) is 12.3 Å². The van der Waals surface area contributed by atoms with E-state index < -0.39 is 23.7 Å². The third-order valence-electron chi connectivity index (χ3n) is 3.20. The number of nitrogens with one attached hydrogen (secondary N) is 2. The highest BCUT2D eigenvalue weighted by atomic mass is 16.8. The molecule has 1 aromatic carbocycles. The summed E-state index contributed by atoms with van der Waals surface area (Å²) in [7, 11) is 0. The lowest BCUT2D eigenvalue weighted by molar-refractivity contribution is -0.991. The van der Waals surface area contributed by atoms with Gasteiger partial charge in [0.2, 0.25) is 0 Å². The Labute approximate surface area is 110 Å². The molecule has 0 aliphatic carbocycles. The molecule has 106 valence electrons. The quantitative estimate of drug-likeness (QED) is 0.462. The standard InChI is InChI=1S/C12H18N2O5/c1-7-2-3-8(4-9(7)14(17)18)13-12-5-10(16)11(6-15)19-12/h2-4,10-17H,5-6H2,1H3. The summed E-state index contributed by atoms with van der Waals surface area (Å²) in [6.45, 7) is 1.48. The normalized spacial score (nSPS) is 28.4. The first-order valence-corrected chi connectivity index (χ1v) is 6.06. The largest absolute Gasteiger partial charge is 0.595 e. The summed E-state index contributed by atoms with van der Waals surface area (Å²) in [5.41, 5.74) is 1.51. The number of hydrogen-bond donors (Lipinski definition) is 5. The maximum Gasteiger partial charge on any atom is 0.168 e. The molecule has 4 atom stereocenters. The van der Waals surface area contributed by atoms with Crippen molar-refractivity contribution in [2.75, 3.05) is 11.9 Å². The van der Waals surface area contributed by atoms with Crippen LogP contribution in [0.5, 0.6) is 0 Å². The zero-order chi connectivity index (χ0) is 14.0. The number of aliphatic hydroxyl groups excluding tert-OH is 2. The molecule has 1 fully saturated rings. The highest BCUT2D eigenvalue weighted by Crippen LogP contribution is 2.24. The van der Waals surface area contributed by atoms with E-state index in [-0.39, 0.29) is 12.3 Å². The van der Waals surface area contributed by atoms with Gasteiger partial charge in [-0.05, 0) is 13.0 Å². The minimum absolute atomic E-state index is 0.224. The maximum atomic E-state index is 11.0. The highest BCUT2D eigenvalue weighted by molar-refractivity contribution is 5.54. The van der Waals surface area contributed by atoms with Crippen molar-refractivity contribution in [2.24, 2.45) is 0 Å². The Kier molecular flexibility index (Phi) is 4.35. The molecule has 0 radical (unpaired) electrons. The van der Waals surface area contributed by atoms with E-state index in [4.69, 9.17) is 15.1 Å². The number of anilines is 1. The van der Waals surface area contributed by atoms with Gasteiger partial charge in [-0.25, -0.2) is 5.21 Å². The number of quaternary nitrogens is 1. The molecule has 7 nitrogen and oxygen atoms in total. The maximum absolute atomic E-state index is 11.0. The van der Waals surface area contributed by atoms with Crippen LogP contribution in [-0.2, 0) is 4.74 Å². The lowest BCUT2D eigenvalue weighted by Crippen LogP contribution is -2.99. The van der Waals surface area contributed by atoms with E-state index in [2.05, 4.69) is 5.32 Å². The molecule has 0 bridgehead atoms. The van der Waals surface area contributed by atoms with Crippen LogP contribution in [0.2, 0.25) is 0 Å². The molecule has 0 spiro atoms. The zero-order valence-electron chi connectivity index (χ0n) is 10.5. The van der Waals surface area contributed by atoms with E-state index in [1.54, 1.807) is 19.1 Å². The Bertz CT molecular complexity index is 440. The molecule has 2 rings (SSSR count). The molecular weight excluding hydrogens is 252 g/mol. The fourth-order valence-electron chi connectivity index (χ4n) is 2.11. The fourth-order valence-corrected chi connectivity index (χ4v) is 2.11. The number of aryl methyl sites for hydroxylation is 1. The summed E-state index contributed by atoms with van der Waals surface area (Å²) in [5.74, 6) is 0. The van der Waals surface area contributed by atoms with E-state index in [0.29, 0.717) is 17.7 Å². The number of rotatable bonds is 4. The Balaban J connectivity index is 2.06. The second kappa shape index (κ2) is 5.83. The van der Waals surface area contributed by atoms with E-state index >= 15 is 0 Å². The molecular formula is C12H18N2O5. The van der Waals surface area contributed by atoms with Gasteiger partial charge in [0.25, 0.3) is 0 Å². The minimum Gasteiger partial charge on any atom is -0.595 e. The molecule has 19 heavy (non-hydrogen) atoms. The Hall–Kier alpha value is -1.22. The summed E-state index contributed by atoms with van der Waals surface area (Å²) in [6, 6.07) is 4.99. The van der Waals surface area contributed by atoms with Crippen molar-refractivity contribution in [3.63, 3.8) is 0 Å². The molecule has 0 saturated carbocycles. The van der Waals surface area contributed by atoms with Crippen LogP contribution in [-0.4, -0.2) is 40.5 Å². The molecule has 1 aromatic rings. The Morgan fingerprint density at radius 2 is 2.26 bits per heavy atom. The number of ether oxygens (including phenoxy) is 1. The van der Waals surface area contributed by atoms with Gasteiger partial charge in [0.15, 0.2) is 5.69 Å². The van der Waals surface area contributed by atoms with Crippen molar-refractivity contribution < 1.29 is 25.4 Å². The topological polar surface area (TPSA) is 109 Å². The SMILES string of the molecule is Cc1ccc(NC2CC(O)C(CO)O2)cc1[NH+]([O-])O. The van der Waals surface area contributed by atoms with Gasteiger partial charge in [-0.1, -0.05) is 6.07 Å². The summed E-state index contributed by atoms with van der Waals surface area (Å²) in [6.07, 6.45) is -1.40. The predicted molar refractivity (Wildman–Crippen MR) is 66.9 cm³/mol. The molecule has 1 heterocycles. The Morgan fingerprint density at radius 3 is 2.84 bits per heavy atom. The van der Waals surface area contributed by atoms with Crippen LogP contribution in [0.15, 0.2) is 18.2 Å². The average molecular weight is 270 g/mol. The second-order valence-electron chi connectivity index (χ2n) is 4.63. The average Bonchev–Trinajstić information content (AvgIpc) is 2.71. The van der Waals surface area contributed by atoms with Crippen molar-refractivity contribution in [1.82, 2.24) is 0 Å². The summed E-state index contributed by atoms with van der Waals surface area (Å²) in [4.78, 5) is 0. The molecule has 0 aromatic heterocycles. The minimum atomic E-state index is -0.984. The van der Waals surface area contributed by atoms with Crippen molar-refractivity contribution in [3.8, 4) is 0 Å². The summed E-state index contributed by atoms with van der Waals surface area (Å²) >= 11 is 0. The molecule has 7 heteroatoms. The molecule has 1 saturated heterocycles. The third kappa shape index (κ3) is 3.21. The van der Waals surface area contributed by atoms with Crippen LogP contribution >= 0.6 is 0 Å². The number of benzene rings is 1. The summed E-state index contributed by atoms with van der Waals surface area (Å²) < 4.78 is 5.40. The van der Waals surface area contributed by atoms with E-state index in [9.17, 15) is 10.3 Å². The van der Waals surface area contributed by atoms with E-state index in [1.165, 1.54) is 6.07 Å². The summed E-state index contributed by atoms with van der Waals surface area (Å²) in [5, 5.41) is 40.7. The lowest BCUT2D eigenvalue weighted by Gasteiger charge is -2.18. The van der Waals surface area contributed by atoms with Crippen molar-refractivity contribution in [3.05, 3.63) is 29.0 Å². The van der Waals surface area contributed by atoms with E-state index in [0.717, 1.165) is 0 Å². The van der Waals surface area contributed by atoms with Crippen LogP contribution in [0.25, 0.3) is 0 Å². The predicted octanol–water partition coefficient (Wildman–Crippen LogP) is -0.721. The van der Waals surface area contributed by atoms with Crippen LogP contribution in [0.3, 0.4) is 0 Å². The van der Waals surface area contributed by atoms with Crippen LogP contribution < -0.4 is 10.5 Å². The third-order valence-corrected chi connectivity index (χ3v) is 3.20. The van der Waals surface area contributed by atoms with Crippen molar-refractivity contribution in [1.29, 1.82) is 0 Å². The zero-order valence-corrected chi connectivity index (χ0v) is 10.5. The van der Waals surface area contributed by atoms with Gasteiger partial charge in [-0.2, -0.15) is 5.23 Å². The fraction of sp³-hybridized carbons (Fsp3) is 0.500. The smallest absolute Gasteiger partial charge is 0.168 e.